The van der Waals surface area contributed by atoms with Crippen molar-refractivity contribution in [1.82, 2.24) is 9.88 Å². The van der Waals surface area contributed by atoms with Crippen molar-refractivity contribution in [3.8, 4) is 6.07 Å². The number of nitriles is 1. The van der Waals surface area contributed by atoms with Crippen molar-refractivity contribution in [3.63, 3.8) is 0 Å². The molecule has 190 valence electrons. The monoisotopic (exact) mass is 557 g/mol. The Morgan fingerprint density at radius 3 is 2.19 bits per heavy atom. The van der Waals surface area contributed by atoms with Crippen LogP contribution in [0.5, 0.6) is 0 Å². The molecule has 0 saturated heterocycles. The molecule has 3 rings (SSSR count). The Hall–Kier alpha value is -3.40. The van der Waals surface area contributed by atoms with Gasteiger partial charge in [-0.05, 0) is 47.8 Å². The third-order valence-corrected chi connectivity index (χ3v) is 6.21. The van der Waals surface area contributed by atoms with E-state index in [4.69, 9.17) is 9.47 Å². The number of rotatable bonds is 12. The fourth-order valence-electron chi connectivity index (χ4n) is 3.60. The number of pyridine rings is 1. The van der Waals surface area contributed by atoms with E-state index in [0.29, 0.717) is 70.5 Å². The molecule has 1 aliphatic heterocycles. The maximum absolute atomic E-state index is 12.4. The highest BCUT2D eigenvalue weighted by atomic mass is 79.9. The summed E-state index contributed by atoms with van der Waals surface area (Å²) in [5.41, 5.74) is 2.30. The van der Waals surface area contributed by atoms with E-state index in [-0.39, 0.29) is 11.5 Å². The Balaban J connectivity index is 1.99. The number of hydrogen-bond acceptors (Lipinski definition) is 10. The normalized spacial score (nSPS) is 12.8. The molecule has 0 unspecified atom stereocenters. The van der Waals surface area contributed by atoms with E-state index in [1.807, 2.05) is 0 Å². The van der Waals surface area contributed by atoms with E-state index in [2.05, 4.69) is 47.8 Å². The molecule has 2 heterocycles. The number of benzene rings is 1. The first-order valence-electron chi connectivity index (χ1n) is 11.3. The van der Waals surface area contributed by atoms with Crippen LogP contribution in [0.25, 0.3) is 0 Å². The molecule has 0 radical (unpaired) electrons. The number of nitrogens with zero attached hydrogens (tertiary/aromatic N) is 5. The summed E-state index contributed by atoms with van der Waals surface area (Å²) in [7, 11) is 4.71. The number of methoxy groups -OCH3 is 2. The number of amides is 2. The second-order valence-corrected chi connectivity index (χ2v) is 8.89. The summed E-state index contributed by atoms with van der Waals surface area (Å²) in [6.07, 6.45) is 1.49. The minimum absolute atomic E-state index is 0.265. The molecular formula is C24H28BrN7O4. The maximum Gasteiger partial charge on any atom is 0.261 e. The average Bonchev–Trinajstić information content (AvgIpc) is 3.07. The average molecular weight is 558 g/mol. The van der Waals surface area contributed by atoms with Crippen LogP contribution in [0.3, 0.4) is 0 Å². The molecule has 12 heteroatoms. The van der Waals surface area contributed by atoms with Gasteiger partial charge in [-0.15, -0.1) is 10.2 Å². The van der Waals surface area contributed by atoms with Crippen molar-refractivity contribution in [2.24, 2.45) is 10.2 Å². The summed E-state index contributed by atoms with van der Waals surface area (Å²) in [6, 6.07) is 5.30. The van der Waals surface area contributed by atoms with Gasteiger partial charge in [0.25, 0.3) is 11.8 Å². The van der Waals surface area contributed by atoms with Crippen molar-refractivity contribution in [1.29, 1.82) is 5.26 Å². The van der Waals surface area contributed by atoms with Crippen LogP contribution in [0.4, 0.5) is 23.0 Å². The molecule has 11 nitrogen and oxygen atoms in total. The predicted molar refractivity (Wildman–Crippen MR) is 138 cm³/mol. The van der Waals surface area contributed by atoms with Crippen molar-refractivity contribution in [2.75, 3.05) is 58.2 Å². The lowest BCUT2D eigenvalue weighted by Crippen LogP contribution is -2.24. The molecule has 0 saturated carbocycles. The second-order valence-electron chi connectivity index (χ2n) is 8.03. The zero-order chi connectivity index (χ0) is 26.2. The van der Waals surface area contributed by atoms with Gasteiger partial charge in [0.1, 0.15) is 23.3 Å². The van der Waals surface area contributed by atoms with Crippen LogP contribution in [0, 0.1) is 18.3 Å². The summed E-state index contributed by atoms with van der Waals surface area (Å²) in [6.45, 7) is 4.10. The van der Waals surface area contributed by atoms with Crippen LogP contribution in [0.1, 0.15) is 44.7 Å². The van der Waals surface area contributed by atoms with E-state index in [1.54, 1.807) is 27.2 Å². The van der Waals surface area contributed by atoms with Gasteiger partial charge in [0.2, 0.25) is 0 Å². The Kier molecular flexibility index (Phi) is 9.46. The highest BCUT2D eigenvalue weighted by Gasteiger charge is 2.33. The molecule has 1 aliphatic rings. The van der Waals surface area contributed by atoms with Crippen LogP contribution in [0.15, 0.2) is 26.8 Å². The van der Waals surface area contributed by atoms with Gasteiger partial charge in [0.05, 0.1) is 16.7 Å². The van der Waals surface area contributed by atoms with E-state index in [0.717, 1.165) is 17.7 Å². The lowest BCUT2D eigenvalue weighted by atomic mass is 10.1. The molecule has 36 heavy (non-hydrogen) atoms. The molecule has 1 aromatic heterocycles. The van der Waals surface area contributed by atoms with Gasteiger partial charge < -0.3 is 20.1 Å². The summed E-state index contributed by atoms with van der Waals surface area (Å²) < 4.78 is 10.7. The van der Waals surface area contributed by atoms with E-state index < -0.39 is 5.91 Å². The Morgan fingerprint density at radius 1 is 1.03 bits per heavy atom. The van der Waals surface area contributed by atoms with Crippen LogP contribution < -0.4 is 10.6 Å². The first-order chi connectivity index (χ1) is 17.3. The topological polar surface area (TPSA) is 141 Å². The number of aromatic nitrogens is 1. The third kappa shape index (κ3) is 5.87. The fourth-order valence-corrected chi connectivity index (χ4v) is 4.02. The van der Waals surface area contributed by atoms with Crippen molar-refractivity contribution >= 4 is 50.8 Å². The molecule has 1 aromatic carbocycles. The van der Waals surface area contributed by atoms with Crippen molar-refractivity contribution in [2.45, 2.75) is 19.8 Å². The lowest BCUT2D eigenvalue weighted by molar-refractivity contribution is 0.0693. The number of carbonyl (C=O) groups excluding carboxylic acids is 2. The minimum Gasteiger partial charge on any atom is -0.385 e. The van der Waals surface area contributed by atoms with Gasteiger partial charge in [0, 0.05) is 57.6 Å². The van der Waals surface area contributed by atoms with Crippen LogP contribution in [-0.4, -0.2) is 69.3 Å². The summed E-state index contributed by atoms with van der Waals surface area (Å²) in [5.74, 6) is 0.149. The zero-order valence-corrected chi connectivity index (χ0v) is 22.2. The molecular weight excluding hydrogens is 530 g/mol. The lowest BCUT2D eigenvalue weighted by Gasteiger charge is -2.15. The predicted octanol–water partition coefficient (Wildman–Crippen LogP) is 4.56. The number of halogens is 1. The Bertz CT molecular complexity index is 1230. The van der Waals surface area contributed by atoms with Crippen LogP contribution in [-0.2, 0) is 9.47 Å². The highest BCUT2D eigenvalue weighted by molar-refractivity contribution is 9.10. The standard InChI is InChI=1S/C24H28BrN7O4/c1-14-17(13-26)21(27-7-5-9-35-3)29-22(28-8-6-10-36-4)20(14)31-30-19-12-16-15(11-18(19)25)23(33)32(2)24(16)34/h11-12H,5-10H2,1-4H3,(H2,27,28,29)/b31-30+. The van der Waals surface area contributed by atoms with Gasteiger partial charge in [-0.1, -0.05) is 0 Å². The molecule has 2 N–H and O–H groups in total. The van der Waals surface area contributed by atoms with E-state index in [1.165, 1.54) is 13.1 Å². The quantitative estimate of drug-likeness (QED) is 0.219. The molecule has 0 aliphatic carbocycles. The Morgan fingerprint density at radius 2 is 1.61 bits per heavy atom. The molecule has 0 spiro atoms. The number of carbonyl (C=O) groups is 2. The van der Waals surface area contributed by atoms with Gasteiger partial charge in [-0.3, -0.25) is 14.5 Å². The molecule has 2 amide bonds. The first kappa shape index (κ1) is 27.2. The number of azo groups is 1. The van der Waals surface area contributed by atoms with Crippen molar-refractivity contribution in [3.05, 3.63) is 38.9 Å². The number of fused-ring (bicyclic) bond motifs is 1. The molecule has 0 atom stereocenters. The summed E-state index contributed by atoms with van der Waals surface area (Å²) in [4.78, 5) is 30.4. The van der Waals surface area contributed by atoms with Gasteiger partial charge in [0.15, 0.2) is 5.82 Å². The largest absolute Gasteiger partial charge is 0.385 e. The first-order valence-corrected chi connectivity index (χ1v) is 12.1. The summed E-state index contributed by atoms with van der Waals surface area (Å²) >= 11 is 3.41. The number of imide groups is 1. The zero-order valence-electron chi connectivity index (χ0n) is 20.6. The van der Waals surface area contributed by atoms with Gasteiger partial charge in [-0.2, -0.15) is 5.26 Å². The fraction of sp³-hybridized carbons (Fsp3) is 0.417. The van der Waals surface area contributed by atoms with Crippen LogP contribution in [0.2, 0.25) is 0 Å². The van der Waals surface area contributed by atoms with E-state index >= 15 is 0 Å². The van der Waals surface area contributed by atoms with Crippen molar-refractivity contribution < 1.29 is 19.1 Å². The number of nitrogens with one attached hydrogen (secondary N) is 2. The molecule has 2 aromatic rings. The van der Waals surface area contributed by atoms with Gasteiger partial charge >= 0.3 is 0 Å². The molecule has 0 bridgehead atoms. The number of ether oxygens (including phenoxy) is 2. The number of hydrogen-bond donors (Lipinski definition) is 2. The smallest absolute Gasteiger partial charge is 0.261 e. The highest BCUT2D eigenvalue weighted by Crippen LogP contribution is 2.37. The van der Waals surface area contributed by atoms with Crippen LogP contribution >= 0.6 is 15.9 Å². The minimum atomic E-state index is -0.395. The number of anilines is 2. The molecule has 0 fully saturated rings. The third-order valence-electron chi connectivity index (χ3n) is 5.58. The van der Waals surface area contributed by atoms with Gasteiger partial charge in [-0.25, -0.2) is 4.98 Å². The Labute approximate surface area is 218 Å². The summed E-state index contributed by atoms with van der Waals surface area (Å²) in [5, 5.41) is 25.0. The van der Waals surface area contributed by atoms with E-state index in [9.17, 15) is 14.9 Å². The SMILES string of the molecule is COCCCNc1nc(NCCCOC)c(/N=N/c2cc3c(cc2Br)C(=O)N(C)C3=O)c(C)c1C#N. The maximum atomic E-state index is 12.4. The second kappa shape index (κ2) is 12.5.